The third-order valence-corrected chi connectivity index (χ3v) is 4.63. The number of hydrogen-bond acceptors (Lipinski definition) is 3. The Kier molecular flexibility index (Phi) is 4.84. The smallest absolute Gasteiger partial charge is 0.313 e. The van der Waals surface area contributed by atoms with Crippen LogP contribution in [0.4, 0.5) is 0 Å². The Morgan fingerprint density at radius 1 is 1.48 bits per heavy atom. The van der Waals surface area contributed by atoms with Crippen molar-refractivity contribution < 1.29 is 9.90 Å². The number of halogens is 1. The molecule has 2 aromatic rings. The fourth-order valence-electron chi connectivity index (χ4n) is 2.58. The summed E-state index contributed by atoms with van der Waals surface area (Å²) >= 11 is 7.47. The molecule has 1 N–H and O–H groups in total. The molecule has 0 fully saturated rings. The summed E-state index contributed by atoms with van der Waals surface area (Å²) in [6.07, 6.45) is 2.02. The zero-order valence-corrected chi connectivity index (χ0v) is 14.0. The minimum Gasteiger partial charge on any atom is -0.481 e. The number of benzene rings is 1. The van der Waals surface area contributed by atoms with Crippen LogP contribution in [0.2, 0.25) is 5.02 Å². The molecule has 0 aliphatic rings. The predicted octanol–water partition coefficient (Wildman–Crippen LogP) is 4.40. The number of rotatable bonds is 6. The van der Waals surface area contributed by atoms with E-state index < -0.39 is 5.97 Å². The van der Waals surface area contributed by atoms with Gasteiger partial charge in [0, 0.05) is 5.54 Å². The second-order valence-electron chi connectivity index (χ2n) is 5.58. The van der Waals surface area contributed by atoms with Gasteiger partial charge in [-0.2, -0.15) is 0 Å². The topological polar surface area (TPSA) is 55.1 Å². The summed E-state index contributed by atoms with van der Waals surface area (Å²) < 4.78 is 2.12. The fourth-order valence-corrected chi connectivity index (χ4v) is 3.67. The van der Waals surface area contributed by atoms with Crippen LogP contribution < -0.4 is 0 Å². The first-order valence-electron chi connectivity index (χ1n) is 6.89. The number of para-hydroxylation sites is 1. The largest absolute Gasteiger partial charge is 0.481 e. The van der Waals surface area contributed by atoms with Crippen molar-refractivity contribution in [2.45, 2.75) is 44.3 Å². The highest BCUT2D eigenvalue weighted by atomic mass is 35.5. The van der Waals surface area contributed by atoms with Crippen LogP contribution in [0.3, 0.4) is 0 Å². The van der Waals surface area contributed by atoms with Gasteiger partial charge >= 0.3 is 5.97 Å². The van der Waals surface area contributed by atoms with Crippen LogP contribution in [0.5, 0.6) is 0 Å². The van der Waals surface area contributed by atoms with E-state index in [0.717, 1.165) is 23.9 Å². The predicted molar refractivity (Wildman–Crippen MR) is 87.3 cm³/mol. The first-order chi connectivity index (χ1) is 9.86. The van der Waals surface area contributed by atoms with E-state index in [1.165, 1.54) is 11.8 Å². The average Bonchev–Trinajstić information content (AvgIpc) is 2.77. The monoisotopic (exact) mass is 326 g/mol. The minimum absolute atomic E-state index is 0.0108. The van der Waals surface area contributed by atoms with Gasteiger partial charge in [-0.3, -0.25) is 4.79 Å². The van der Waals surface area contributed by atoms with E-state index in [-0.39, 0.29) is 11.3 Å². The van der Waals surface area contributed by atoms with Crippen molar-refractivity contribution in [3.8, 4) is 0 Å². The fraction of sp³-hybridized carbons (Fsp3) is 0.467. The highest BCUT2D eigenvalue weighted by molar-refractivity contribution is 7.99. The zero-order valence-electron chi connectivity index (χ0n) is 12.4. The summed E-state index contributed by atoms with van der Waals surface area (Å²) in [6.45, 7) is 6.42. The number of hydrogen-bond donors (Lipinski definition) is 1. The van der Waals surface area contributed by atoms with E-state index in [0.29, 0.717) is 10.2 Å². The van der Waals surface area contributed by atoms with Crippen LogP contribution in [0.1, 0.15) is 33.6 Å². The van der Waals surface area contributed by atoms with E-state index in [4.69, 9.17) is 16.7 Å². The average molecular weight is 327 g/mol. The lowest BCUT2D eigenvalue weighted by atomic mass is 9.98. The second-order valence-corrected chi connectivity index (χ2v) is 6.93. The highest BCUT2D eigenvalue weighted by Gasteiger charge is 2.26. The van der Waals surface area contributed by atoms with Crippen molar-refractivity contribution in [1.82, 2.24) is 9.55 Å². The molecule has 0 atom stereocenters. The van der Waals surface area contributed by atoms with E-state index in [1.54, 1.807) is 6.07 Å². The molecule has 114 valence electrons. The van der Waals surface area contributed by atoms with E-state index in [9.17, 15) is 4.79 Å². The summed E-state index contributed by atoms with van der Waals surface area (Å²) in [4.78, 5) is 15.4. The quantitative estimate of drug-likeness (QED) is 0.799. The van der Waals surface area contributed by atoms with Gasteiger partial charge in [0.1, 0.15) is 5.52 Å². The molecular formula is C15H19ClN2O2S. The molecular weight excluding hydrogens is 308 g/mol. The molecule has 1 heterocycles. The van der Waals surface area contributed by atoms with Crippen LogP contribution in [0.25, 0.3) is 11.0 Å². The van der Waals surface area contributed by atoms with Gasteiger partial charge in [0.2, 0.25) is 0 Å². The minimum atomic E-state index is -0.849. The molecule has 0 saturated carbocycles. The van der Waals surface area contributed by atoms with Crippen LogP contribution in [-0.4, -0.2) is 26.4 Å². The van der Waals surface area contributed by atoms with Crippen LogP contribution in [0, 0.1) is 0 Å². The molecule has 1 aromatic carbocycles. The van der Waals surface area contributed by atoms with Gasteiger partial charge < -0.3 is 9.67 Å². The van der Waals surface area contributed by atoms with Gasteiger partial charge in [-0.05, 0) is 32.4 Å². The van der Waals surface area contributed by atoms with E-state index in [2.05, 4.69) is 30.3 Å². The normalized spacial score (nSPS) is 12.0. The summed E-state index contributed by atoms with van der Waals surface area (Å²) in [7, 11) is 0. The van der Waals surface area contributed by atoms with E-state index in [1.807, 2.05) is 12.1 Å². The molecule has 0 saturated heterocycles. The van der Waals surface area contributed by atoms with Gasteiger partial charge in [-0.15, -0.1) is 0 Å². The van der Waals surface area contributed by atoms with Crippen LogP contribution in [0.15, 0.2) is 23.4 Å². The molecule has 0 amide bonds. The number of carboxylic acid groups (broad SMARTS) is 1. The number of thioether (sulfide) groups is 1. The van der Waals surface area contributed by atoms with E-state index >= 15 is 0 Å². The summed E-state index contributed by atoms with van der Waals surface area (Å²) in [5, 5.41) is 10.2. The maximum Gasteiger partial charge on any atom is 0.313 e. The van der Waals surface area contributed by atoms with Crippen molar-refractivity contribution in [3.63, 3.8) is 0 Å². The molecule has 0 aliphatic carbocycles. The van der Waals surface area contributed by atoms with Gasteiger partial charge in [-0.1, -0.05) is 42.8 Å². The van der Waals surface area contributed by atoms with Gasteiger partial charge in [-0.25, -0.2) is 4.98 Å². The number of aliphatic carboxylic acids is 1. The van der Waals surface area contributed by atoms with Crippen molar-refractivity contribution in [2.75, 3.05) is 5.75 Å². The summed E-state index contributed by atoms with van der Waals surface area (Å²) in [5.74, 6) is -0.860. The first kappa shape index (κ1) is 16.2. The molecule has 1 aromatic heterocycles. The van der Waals surface area contributed by atoms with Crippen LogP contribution >= 0.6 is 23.4 Å². The maximum absolute atomic E-state index is 10.9. The molecule has 4 nitrogen and oxygen atoms in total. The van der Waals surface area contributed by atoms with Crippen molar-refractivity contribution in [1.29, 1.82) is 0 Å². The Hall–Kier alpha value is -1.20. The molecule has 0 spiro atoms. The van der Waals surface area contributed by atoms with Gasteiger partial charge in [0.05, 0.1) is 16.3 Å². The van der Waals surface area contributed by atoms with Crippen molar-refractivity contribution in [2.24, 2.45) is 0 Å². The highest BCUT2D eigenvalue weighted by Crippen LogP contribution is 2.35. The maximum atomic E-state index is 10.9. The Labute approximate surface area is 133 Å². The lowest BCUT2D eigenvalue weighted by molar-refractivity contribution is -0.133. The molecule has 0 bridgehead atoms. The standard InChI is InChI=1S/C15H19ClN2O2S/c1-4-8-15(2,3)18-11-7-5-6-10(16)13(11)17-14(18)21-9-12(19)20/h5-7H,4,8-9H2,1-3H3,(H,19,20). The van der Waals surface area contributed by atoms with Crippen molar-refractivity contribution >= 4 is 40.4 Å². The molecule has 0 aliphatic heterocycles. The summed E-state index contributed by atoms with van der Waals surface area (Å²) in [6, 6.07) is 5.69. The Morgan fingerprint density at radius 2 is 2.19 bits per heavy atom. The third-order valence-electron chi connectivity index (χ3n) is 3.40. The molecule has 6 heteroatoms. The summed E-state index contributed by atoms with van der Waals surface area (Å²) in [5.41, 5.74) is 1.54. The number of nitrogens with zero attached hydrogens (tertiary/aromatic N) is 2. The molecule has 0 unspecified atom stereocenters. The lowest BCUT2D eigenvalue weighted by Crippen LogP contribution is -2.26. The number of fused-ring (bicyclic) bond motifs is 1. The molecule has 21 heavy (non-hydrogen) atoms. The molecule has 2 rings (SSSR count). The Bertz CT molecular complexity index is 667. The Balaban J connectivity index is 2.60. The number of imidazole rings is 1. The Morgan fingerprint density at radius 3 is 2.81 bits per heavy atom. The zero-order chi connectivity index (χ0) is 15.6. The van der Waals surface area contributed by atoms with Gasteiger partial charge in [0.15, 0.2) is 5.16 Å². The molecule has 0 radical (unpaired) electrons. The number of carbonyl (C=O) groups is 1. The number of carboxylic acids is 1. The third kappa shape index (κ3) is 3.35. The second kappa shape index (κ2) is 6.28. The van der Waals surface area contributed by atoms with Crippen molar-refractivity contribution in [3.05, 3.63) is 23.2 Å². The lowest BCUT2D eigenvalue weighted by Gasteiger charge is -2.28. The SMILES string of the molecule is CCCC(C)(C)n1c(SCC(=O)O)nc2c(Cl)cccc21. The number of aromatic nitrogens is 2. The van der Waals surface area contributed by atoms with Gasteiger partial charge in [0.25, 0.3) is 0 Å². The first-order valence-corrected chi connectivity index (χ1v) is 8.25. The van der Waals surface area contributed by atoms with Crippen LogP contribution in [-0.2, 0) is 10.3 Å².